The van der Waals surface area contributed by atoms with Crippen LogP contribution >= 0.6 is 11.6 Å². The van der Waals surface area contributed by atoms with Crippen LogP contribution in [0.15, 0.2) is 36.7 Å². The summed E-state index contributed by atoms with van der Waals surface area (Å²) in [5.74, 6) is -0.411. The van der Waals surface area contributed by atoms with Gasteiger partial charge in [0.1, 0.15) is 5.82 Å². The van der Waals surface area contributed by atoms with Gasteiger partial charge in [-0.2, -0.15) is 0 Å². The van der Waals surface area contributed by atoms with Crippen molar-refractivity contribution in [3.8, 4) is 0 Å². The highest BCUT2D eigenvalue weighted by atomic mass is 35.5. The fourth-order valence-corrected chi connectivity index (χ4v) is 2.30. The Bertz CT molecular complexity index is 589. The number of pyridine rings is 1. The van der Waals surface area contributed by atoms with Crippen LogP contribution in [0.4, 0.5) is 10.1 Å². The van der Waals surface area contributed by atoms with Crippen LogP contribution in [0.2, 0.25) is 5.02 Å². The molecule has 2 aromatic rings. The molecular weight excluding hydrogens is 277 g/mol. The third kappa shape index (κ3) is 3.46. The highest BCUT2D eigenvalue weighted by molar-refractivity contribution is 6.30. The minimum absolute atomic E-state index is 0.0181. The van der Waals surface area contributed by atoms with Crippen LogP contribution in [0.1, 0.15) is 24.1 Å². The molecule has 0 saturated carbocycles. The molecule has 1 aromatic heterocycles. The Morgan fingerprint density at radius 2 is 2.20 bits per heavy atom. The lowest BCUT2D eigenvalue weighted by Gasteiger charge is -2.19. The number of rotatable bonds is 5. The van der Waals surface area contributed by atoms with E-state index in [1.165, 1.54) is 6.07 Å². The van der Waals surface area contributed by atoms with E-state index in [9.17, 15) is 4.39 Å². The van der Waals surface area contributed by atoms with Gasteiger partial charge in [-0.25, -0.2) is 4.39 Å². The molecule has 0 spiro atoms. The number of nitrogens with one attached hydrogen (secondary N) is 1. The Morgan fingerprint density at radius 1 is 1.40 bits per heavy atom. The van der Waals surface area contributed by atoms with Crippen LogP contribution in [0, 0.1) is 5.82 Å². The molecule has 1 unspecified atom stereocenters. The number of likely N-dealkylation sites (N-methyl/N-ethyl adjacent to an activating group) is 1. The van der Waals surface area contributed by atoms with Crippen molar-refractivity contribution in [2.24, 2.45) is 0 Å². The molecule has 0 aliphatic carbocycles. The lowest BCUT2D eigenvalue weighted by atomic mass is 9.99. The lowest BCUT2D eigenvalue weighted by molar-refractivity contribution is 0.547. The van der Waals surface area contributed by atoms with Crippen molar-refractivity contribution >= 4 is 17.3 Å². The number of nitrogens with zero attached hydrogens (tertiary/aromatic N) is 1. The first-order valence-corrected chi connectivity index (χ1v) is 6.86. The van der Waals surface area contributed by atoms with Gasteiger partial charge in [0, 0.05) is 24.1 Å². The largest absolute Gasteiger partial charge is 0.398 e. The smallest absolute Gasteiger partial charge is 0.141 e. The average molecular weight is 294 g/mol. The first-order chi connectivity index (χ1) is 9.61. The fourth-order valence-electron chi connectivity index (χ4n) is 2.11. The van der Waals surface area contributed by atoms with Crippen LogP contribution in [-0.4, -0.2) is 11.5 Å². The van der Waals surface area contributed by atoms with Crippen molar-refractivity contribution in [1.29, 1.82) is 0 Å². The predicted octanol–water partition coefficient (Wildman–Crippen LogP) is 3.35. The second-order valence-electron chi connectivity index (χ2n) is 4.56. The summed E-state index contributed by atoms with van der Waals surface area (Å²) in [6.07, 6.45) is 4.09. The Morgan fingerprint density at radius 3 is 2.85 bits per heavy atom. The van der Waals surface area contributed by atoms with E-state index in [2.05, 4.69) is 10.3 Å². The molecule has 5 heteroatoms. The fraction of sp³-hybridized carbons (Fsp3) is 0.267. The Labute approximate surface area is 123 Å². The average Bonchev–Trinajstić information content (AvgIpc) is 2.44. The number of hydrogen-bond acceptors (Lipinski definition) is 3. The topological polar surface area (TPSA) is 50.9 Å². The van der Waals surface area contributed by atoms with Crippen molar-refractivity contribution < 1.29 is 4.39 Å². The molecule has 0 aliphatic rings. The summed E-state index contributed by atoms with van der Waals surface area (Å²) >= 11 is 5.85. The number of anilines is 1. The molecule has 2 rings (SSSR count). The van der Waals surface area contributed by atoms with Crippen LogP contribution < -0.4 is 11.1 Å². The zero-order valence-corrected chi connectivity index (χ0v) is 12.0. The first-order valence-electron chi connectivity index (χ1n) is 6.48. The van der Waals surface area contributed by atoms with Gasteiger partial charge in [0.15, 0.2) is 0 Å². The minimum Gasteiger partial charge on any atom is -0.398 e. The van der Waals surface area contributed by atoms with E-state index in [4.69, 9.17) is 17.3 Å². The monoisotopic (exact) mass is 293 g/mol. The molecular formula is C15H17ClFN3. The Kier molecular flexibility index (Phi) is 4.93. The van der Waals surface area contributed by atoms with Crippen molar-refractivity contribution in [3.63, 3.8) is 0 Å². The molecule has 106 valence electrons. The molecule has 3 nitrogen and oxygen atoms in total. The van der Waals surface area contributed by atoms with Gasteiger partial charge in [-0.15, -0.1) is 0 Å². The Hall–Kier alpha value is -1.65. The molecule has 20 heavy (non-hydrogen) atoms. The molecule has 0 radical (unpaired) electrons. The molecule has 0 saturated heterocycles. The van der Waals surface area contributed by atoms with E-state index >= 15 is 0 Å². The van der Waals surface area contributed by atoms with Crippen molar-refractivity contribution in [2.75, 3.05) is 12.3 Å². The highest BCUT2D eigenvalue weighted by Crippen LogP contribution is 2.25. The number of halogens is 2. The Balaban J connectivity index is 2.27. The van der Waals surface area contributed by atoms with E-state index in [1.54, 1.807) is 30.6 Å². The van der Waals surface area contributed by atoms with E-state index in [-0.39, 0.29) is 11.1 Å². The van der Waals surface area contributed by atoms with Gasteiger partial charge in [-0.1, -0.05) is 24.6 Å². The minimum atomic E-state index is -0.411. The maximum atomic E-state index is 13.3. The third-order valence-corrected chi connectivity index (χ3v) is 3.45. The summed E-state index contributed by atoms with van der Waals surface area (Å²) < 4.78 is 13.3. The summed E-state index contributed by atoms with van der Waals surface area (Å²) in [5, 5.41) is 3.49. The van der Waals surface area contributed by atoms with Crippen LogP contribution in [0.25, 0.3) is 0 Å². The van der Waals surface area contributed by atoms with E-state index in [0.29, 0.717) is 12.1 Å². The SMILES string of the molecule is CCNC(Cc1cnccc1N)c1ccc(F)c(Cl)c1. The van der Waals surface area contributed by atoms with E-state index in [0.717, 1.165) is 17.7 Å². The molecule has 0 aliphatic heterocycles. The third-order valence-electron chi connectivity index (χ3n) is 3.16. The first kappa shape index (κ1) is 14.8. The zero-order chi connectivity index (χ0) is 14.5. The molecule has 1 aromatic carbocycles. The van der Waals surface area contributed by atoms with Gasteiger partial charge < -0.3 is 11.1 Å². The second-order valence-corrected chi connectivity index (χ2v) is 4.97. The van der Waals surface area contributed by atoms with Crippen molar-refractivity contribution in [1.82, 2.24) is 10.3 Å². The number of nitrogens with two attached hydrogens (primary N) is 1. The summed E-state index contributed by atoms with van der Waals surface area (Å²) in [5.41, 5.74) is 8.54. The van der Waals surface area contributed by atoms with E-state index in [1.807, 2.05) is 6.92 Å². The van der Waals surface area contributed by atoms with Crippen LogP contribution in [-0.2, 0) is 6.42 Å². The molecule has 1 atom stereocenters. The molecule has 3 N–H and O–H groups in total. The van der Waals surface area contributed by atoms with Crippen LogP contribution in [0.3, 0.4) is 0 Å². The number of nitrogen functional groups attached to an aromatic ring is 1. The van der Waals surface area contributed by atoms with Gasteiger partial charge >= 0.3 is 0 Å². The second kappa shape index (κ2) is 6.68. The summed E-state index contributed by atoms with van der Waals surface area (Å²) in [4.78, 5) is 4.09. The number of hydrogen-bond donors (Lipinski definition) is 2. The van der Waals surface area contributed by atoms with Gasteiger partial charge in [0.25, 0.3) is 0 Å². The molecule has 0 fully saturated rings. The normalized spacial score (nSPS) is 12.3. The molecule has 0 bridgehead atoms. The van der Waals surface area contributed by atoms with Gasteiger partial charge in [0.05, 0.1) is 5.02 Å². The summed E-state index contributed by atoms with van der Waals surface area (Å²) in [6.45, 7) is 2.81. The maximum absolute atomic E-state index is 13.3. The van der Waals surface area contributed by atoms with E-state index < -0.39 is 5.82 Å². The van der Waals surface area contributed by atoms with Crippen molar-refractivity contribution in [2.45, 2.75) is 19.4 Å². The zero-order valence-electron chi connectivity index (χ0n) is 11.2. The maximum Gasteiger partial charge on any atom is 0.141 e. The van der Waals surface area contributed by atoms with Crippen LogP contribution in [0.5, 0.6) is 0 Å². The standard InChI is InChI=1S/C15H17ClFN3/c1-2-20-15(8-11-9-19-6-5-14(11)18)10-3-4-13(17)12(16)7-10/h3-7,9,15,20H,2,8H2,1H3,(H2,18,19). The van der Waals surface area contributed by atoms with Gasteiger partial charge in [-0.3, -0.25) is 4.98 Å². The number of benzene rings is 1. The predicted molar refractivity (Wildman–Crippen MR) is 80.2 cm³/mol. The summed E-state index contributed by atoms with van der Waals surface area (Å²) in [7, 11) is 0. The quantitative estimate of drug-likeness (QED) is 0.889. The van der Waals surface area contributed by atoms with Gasteiger partial charge in [-0.05, 0) is 42.3 Å². The van der Waals surface area contributed by atoms with Gasteiger partial charge in [0.2, 0.25) is 0 Å². The van der Waals surface area contributed by atoms with Crippen molar-refractivity contribution in [3.05, 3.63) is 58.6 Å². The lowest BCUT2D eigenvalue weighted by Crippen LogP contribution is -2.23. The molecule has 1 heterocycles. The molecule has 0 amide bonds. The number of aromatic nitrogens is 1. The highest BCUT2D eigenvalue weighted by Gasteiger charge is 2.14. The summed E-state index contributed by atoms with van der Waals surface area (Å²) in [6, 6.07) is 6.56.